The summed E-state index contributed by atoms with van der Waals surface area (Å²) in [5, 5.41) is 3.11. The van der Waals surface area contributed by atoms with Crippen molar-refractivity contribution < 1.29 is 4.79 Å². The van der Waals surface area contributed by atoms with Crippen LogP contribution in [0.15, 0.2) is 16.7 Å². The molecule has 116 valence electrons. The second-order valence-electron chi connectivity index (χ2n) is 6.34. The van der Waals surface area contributed by atoms with E-state index in [4.69, 9.17) is 0 Å². The molecule has 21 heavy (non-hydrogen) atoms. The third-order valence-electron chi connectivity index (χ3n) is 4.56. The van der Waals surface area contributed by atoms with E-state index in [1.165, 1.54) is 45.2 Å². The number of halogens is 1. The summed E-state index contributed by atoms with van der Waals surface area (Å²) in [6.45, 7) is 5.27. The lowest BCUT2D eigenvalue weighted by molar-refractivity contribution is 0.0920. The van der Waals surface area contributed by atoms with Crippen LogP contribution in [0.1, 0.15) is 55.6 Å². The lowest BCUT2D eigenvalue weighted by atomic mass is 10.1. The number of piperidine rings is 1. The van der Waals surface area contributed by atoms with Crippen molar-refractivity contribution in [3.05, 3.63) is 22.4 Å². The summed E-state index contributed by atoms with van der Waals surface area (Å²) < 4.78 is 3.11. The van der Waals surface area contributed by atoms with E-state index in [0.717, 1.165) is 16.7 Å². The van der Waals surface area contributed by atoms with Gasteiger partial charge in [0, 0.05) is 29.3 Å². The first-order valence-corrected chi connectivity index (χ1v) is 8.84. The Bertz CT molecular complexity index is 504. The van der Waals surface area contributed by atoms with Crippen LogP contribution in [0.5, 0.6) is 0 Å². The third kappa shape index (κ3) is 3.69. The zero-order chi connectivity index (χ0) is 14.8. The van der Waals surface area contributed by atoms with Crippen molar-refractivity contribution >= 4 is 21.8 Å². The average Bonchev–Trinajstić information content (AvgIpc) is 3.27. The first-order chi connectivity index (χ1) is 10.1. The first-order valence-electron chi connectivity index (χ1n) is 8.05. The van der Waals surface area contributed by atoms with Crippen molar-refractivity contribution in [1.82, 2.24) is 14.8 Å². The van der Waals surface area contributed by atoms with Crippen LogP contribution >= 0.6 is 15.9 Å². The largest absolute Gasteiger partial charge is 0.349 e. The molecule has 0 aromatic carbocycles. The predicted octanol–water partition coefficient (Wildman–Crippen LogP) is 3.19. The maximum absolute atomic E-state index is 12.4. The van der Waals surface area contributed by atoms with Gasteiger partial charge in [-0.1, -0.05) is 6.42 Å². The molecule has 2 fully saturated rings. The van der Waals surface area contributed by atoms with E-state index >= 15 is 0 Å². The topological polar surface area (TPSA) is 37.3 Å². The molecule has 3 rings (SSSR count). The smallest absolute Gasteiger partial charge is 0.268 e. The van der Waals surface area contributed by atoms with Gasteiger partial charge in [0.15, 0.2) is 0 Å². The molecule has 1 unspecified atom stereocenters. The van der Waals surface area contributed by atoms with E-state index in [1.54, 1.807) is 0 Å². The molecule has 1 aromatic rings. The molecule has 1 aliphatic carbocycles. The lowest BCUT2D eigenvalue weighted by Crippen LogP contribution is -2.44. The summed E-state index contributed by atoms with van der Waals surface area (Å²) in [5.74, 6) is 0.0523. The maximum Gasteiger partial charge on any atom is 0.268 e. The molecule has 5 heteroatoms. The Morgan fingerprint density at radius 2 is 2.10 bits per heavy atom. The minimum absolute atomic E-state index is 0.0523. The highest BCUT2D eigenvalue weighted by Gasteiger charge is 2.28. The number of carbonyl (C=O) groups excluding carboxylic acids is 1. The minimum Gasteiger partial charge on any atom is -0.349 e. The highest BCUT2D eigenvalue weighted by Crippen LogP contribution is 2.37. The Hall–Kier alpha value is -0.810. The van der Waals surface area contributed by atoms with Gasteiger partial charge in [0.2, 0.25) is 0 Å². The predicted molar refractivity (Wildman–Crippen MR) is 87.6 cm³/mol. The summed E-state index contributed by atoms with van der Waals surface area (Å²) in [5.41, 5.74) is 0.787. The van der Waals surface area contributed by atoms with Gasteiger partial charge in [-0.2, -0.15) is 0 Å². The second-order valence-corrected chi connectivity index (χ2v) is 7.25. The Morgan fingerprint density at radius 3 is 2.76 bits per heavy atom. The summed E-state index contributed by atoms with van der Waals surface area (Å²) >= 11 is 3.48. The van der Waals surface area contributed by atoms with Crippen LogP contribution in [0.25, 0.3) is 0 Å². The molecule has 2 heterocycles. The molecule has 1 aromatic heterocycles. The van der Waals surface area contributed by atoms with Crippen molar-refractivity contribution in [1.29, 1.82) is 0 Å². The van der Waals surface area contributed by atoms with E-state index in [9.17, 15) is 4.79 Å². The standard InChI is InChI=1S/C16H24BrN3O/c1-12(19-7-3-2-4-8-19)10-18-16(21)15-9-13(17)11-20(15)14-5-6-14/h9,11-12,14H,2-8,10H2,1H3,(H,18,21). The van der Waals surface area contributed by atoms with E-state index in [1.807, 2.05) is 12.3 Å². The van der Waals surface area contributed by atoms with Gasteiger partial charge >= 0.3 is 0 Å². The van der Waals surface area contributed by atoms with Crippen LogP contribution in [-0.2, 0) is 0 Å². The van der Waals surface area contributed by atoms with Crippen molar-refractivity contribution in [2.24, 2.45) is 0 Å². The minimum atomic E-state index is 0.0523. The fourth-order valence-corrected chi connectivity index (χ4v) is 3.54. The maximum atomic E-state index is 12.4. The molecule has 4 nitrogen and oxygen atoms in total. The Labute approximate surface area is 135 Å². The summed E-state index contributed by atoms with van der Waals surface area (Å²) in [6, 6.07) is 2.87. The van der Waals surface area contributed by atoms with Gasteiger partial charge in [-0.05, 0) is 67.7 Å². The van der Waals surface area contributed by atoms with E-state index in [0.29, 0.717) is 12.1 Å². The molecule has 0 radical (unpaired) electrons. The van der Waals surface area contributed by atoms with Gasteiger partial charge in [-0.15, -0.1) is 0 Å². The highest BCUT2D eigenvalue weighted by molar-refractivity contribution is 9.10. The number of carbonyl (C=O) groups is 1. The summed E-state index contributed by atoms with van der Waals surface area (Å²) in [6.07, 6.45) is 8.32. The summed E-state index contributed by atoms with van der Waals surface area (Å²) in [4.78, 5) is 14.9. The van der Waals surface area contributed by atoms with Gasteiger partial charge in [-0.3, -0.25) is 9.69 Å². The molecule has 1 N–H and O–H groups in total. The zero-order valence-corrected chi connectivity index (χ0v) is 14.2. The van der Waals surface area contributed by atoms with Crippen molar-refractivity contribution in [2.75, 3.05) is 19.6 Å². The number of amides is 1. The van der Waals surface area contributed by atoms with Crippen molar-refractivity contribution in [3.8, 4) is 0 Å². The molecule has 1 saturated heterocycles. The first kappa shape index (κ1) is 15.1. The lowest BCUT2D eigenvalue weighted by Gasteiger charge is -2.32. The number of hydrogen-bond acceptors (Lipinski definition) is 2. The van der Waals surface area contributed by atoms with Crippen LogP contribution in [0.2, 0.25) is 0 Å². The third-order valence-corrected chi connectivity index (χ3v) is 4.99. The SMILES string of the molecule is CC(CNC(=O)c1cc(Br)cn1C1CC1)N1CCCCC1. The summed E-state index contributed by atoms with van der Waals surface area (Å²) in [7, 11) is 0. The second kappa shape index (κ2) is 6.53. The molecule has 0 bridgehead atoms. The van der Waals surface area contributed by atoms with Gasteiger partial charge in [-0.25, -0.2) is 0 Å². The molecule has 2 aliphatic rings. The Balaban J connectivity index is 1.56. The normalized spacial score (nSPS) is 21.2. The van der Waals surface area contributed by atoms with Gasteiger partial charge < -0.3 is 9.88 Å². The number of rotatable bonds is 5. The van der Waals surface area contributed by atoms with Gasteiger partial charge in [0.1, 0.15) is 5.69 Å². The van der Waals surface area contributed by atoms with Crippen LogP contribution in [0, 0.1) is 0 Å². The molecule has 1 atom stereocenters. The molecular weight excluding hydrogens is 330 g/mol. The quantitative estimate of drug-likeness (QED) is 0.882. The van der Waals surface area contributed by atoms with Crippen LogP contribution in [-0.4, -0.2) is 41.1 Å². The number of likely N-dealkylation sites (tertiary alicyclic amines) is 1. The average molecular weight is 354 g/mol. The number of nitrogens with one attached hydrogen (secondary N) is 1. The monoisotopic (exact) mass is 353 g/mol. The van der Waals surface area contributed by atoms with E-state index in [-0.39, 0.29) is 5.91 Å². The van der Waals surface area contributed by atoms with Crippen molar-refractivity contribution in [2.45, 2.75) is 51.1 Å². The van der Waals surface area contributed by atoms with E-state index < -0.39 is 0 Å². The van der Waals surface area contributed by atoms with E-state index in [2.05, 4.69) is 37.6 Å². The molecule has 1 amide bonds. The Kier molecular flexibility index (Phi) is 4.69. The molecule has 1 aliphatic heterocycles. The molecular formula is C16H24BrN3O. The highest BCUT2D eigenvalue weighted by atomic mass is 79.9. The fraction of sp³-hybridized carbons (Fsp3) is 0.688. The number of hydrogen-bond donors (Lipinski definition) is 1. The van der Waals surface area contributed by atoms with Gasteiger partial charge in [0.25, 0.3) is 5.91 Å². The Morgan fingerprint density at radius 1 is 1.38 bits per heavy atom. The number of aromatic nitrogens is 1. The molecule has 1 saturated carbocycles. The van der Waals surface area contributed by atoms with Crippen LogP contribution < -0.4 is 5.32 Å². The fourth-order valence-electron chi connectivity index (χ4n) is 3.10. The van der Waals surface area contributed by atoms with Gasteiger partial charge in [0.05, 0.1) is 0 Å². The zero-order valence-electron chi connectivity index (χ0n) is 12.6. The van der Waals surface area contributed by atoms with Crippen LogP contribution in [0.4, 0.5) is 0 Å². The molecule has 0 spiro atoms. The number of nitrogens with zero attached hydrogens (tertiary/aromatic N) is 2. The van der Waals surface area contributed by atoms with Crippen molar-refractivity contribution in [3.63, 3.8) is 0 Å². The van der Waals surface area contributed by atoms with Crippen LogP contribution in [0.3, 0.4) is 0 Å².